The standard InChI is InChI=1S/C12H14F2N4OS.ClH/c1-18-10(6-15)16-17-12(18)20-7-8-2-4-9(5-3-8)19-11(13)14;/h2-5,11H,6-7,15H2,1H3;1H. The van der Waals surface area contributed by atoms with Crippen LogP contribution in [-0.4, -0.2) is 21.4 Å². The predicted molar refractivity (Wildman–Crippen MR) is 78.8 cm³/mol. The van der Waals surface area contributed by atoms with Crippen molar-refractivity contribution in [2.24, 2.45) is 12.8 Å². The minimum Gasteiger partial charge on any atom is -0.435 e. The SMILES string of the molecule is Cl.Cn1c(CN)nnc1SCc1ccc(OC(F)F)cc1. The van der Waals surface area contributed by atoms with Gasteiger partial charge in [-0.05, 0) is 17.7 Å². The van der Waals surface area contributed by atoms with E-state index in [0.29, 0.717) is 18.1 Å². The van der Waals surface area contributed by atoms with Crippen LogP contribution in [0, 0.1) is 0 Å². The molecule has 1 aromatic heterocycles. The minimum atomic E-state index is -2.80. The molecule has 1 heterocycles. The second-order valence-corrected chi connectivity index (χ2v) is 4.92. The summed E-state index contributed by atoms with van der Waals surface area (Å²) in [6, 6.07) is 6.52. The van der Waals surface area contributed by atoms with Gasteiger partial charge in [-0.25, -0.2) is 0 Å². The highest BCUT2D eigenvalue weighted by molar-refractivity contribution is 7.98. The van der Waals surface area contributed by atoms with Crippen LogP contribution in [0.4, 0.5) is 8.78 Å². The molecule has 0 unspecified atom stereocenters. The molecule has 0 spiro atoms. The molecule has 0 amide bonds. The summed E-state index contributed by atoms with van der Waals surface area (Å²) < 4.78 is 30.2. The van der Waals surface area contributed by atoms with Crippen molar-refractivity contribution in [3.05, 3.63) is 35.7 Å². The largest absolute Gasteiger partial charge is 0.435 e. The van der Waals surface area contributed by atoms with Gasteiger partial charge in [-0.15, -0.1) is 22.6 Å². The van der Waals surface area contributed by atoms with Crippen molar-refractivity contribution >= 4 is 24.2 Å². The molecule has 0 fully saturated rings. The summed E-state index contributed by atoms with van der Waals surface area (Å²) in [6.07, 6.45) is 0. The smallest absolute Gasteiger partial charge is 0.387 e. The summed E-state index contributed by atoms with van der Waals surface area (Å²) in [5.74, 6) is 1.52. The van der Waals surface area contributed by atoms with E-state index in [1.54, 1.807) is 12.1 Å². The zero-order valence-corrected chi connectivity index (χ0v) is 12.8. The quantitative estimate of drug-likeness (QED) is 0.821. The van der Waals surface area contributed by atoms with Crippen molar-refractivity contribution in [3.63, 3.8) is 0 Å². The highest BCUT2D eigenvalue weighted by Gasteiger charge is 2.08. The summed E-state index contributed by atoms with van der Waals surface area (Å²) in [5.41, 5.74) is 6.50. The van der Waals surface area contributed by atoms with Crippen LogP contribution in [0.3, 0.4) is 0 Å². The second-order valence-electron chi connectivity index (χ2n) is 3.97. The predicted octanol–water partition coefficient (Wildman–Crippen LogP) is 2.59. The third-order valence-electron chi connectivity index (χ3n) is 2.62. The van der Waals surface area contributed by atoms with Crippen LogP contribution >= 0.6 is 24.2 Å². The first kappa shape index (κ1) is 17.7. The Bertz CT molecular complexity index is 565. The number of ether oxygens (including phenoxy) is 1. The minimum absolute atomic E-state index is 0. The zero-order chi connectivity index (χ0) is 14.5. The molecule has 0 radical (unpaired) electrons. The number of hydrogen-bond donors (Lipinski definition) is 1. The summed E-state index contributed by atoms with van der Waals surface area (Å²) in [6.45, 7) is -2.47. The number of halogens is 3. The van der Waals surface area contributed by atoms with Gasteiger partial charge in [0, 0.05) is 12.8 Å². The molecule has 1 aromatic carbocycles. The van der Waals surface area contributed by atoms with Gasteiger partial charge in [0.2, 0.25) is 0 Å². The Hall–Kier alpha value is -1.38. The molecule has 0 saturated carbocycles. The first-order valence-corrected chi connectivity index (χ1v) is 6.83. The Kier molecular flexibility index (Phi) is 6.86. The van der Waals surface area contributed by atoms with E-state index in [1.165, 1.54) is 23.9 Å². The van der Waals surface area contributed by atoms with Gasteiger partial charge in [-0.1, -0.05) is 23.9 Å². The molecule has 0 aliphatic rings. The van der Waals surface area contributed by atoms with Crippen molar-refractivity contribution in [2.45, 2.75) is 24.1 Å². The maximum atomic E-state index is 12.0. The van der Waals surface area contributed by atoms with Gasteiger partial charge in [0.1, 0.15) is 11.6 Å². The first-order valence-electron chi connectivity index (χ1n) is 5.85. The fraction of sp³-hybridized carbons (Fsp3) is 0.333. The number of rotatable bonds is 6. The second kappa shape index (κ2) is 8.16. The Morgan fingerprint density at radius 2 is 1.95 bits per heavy atom. The van der Waals surface area contributed by atoms with E-state index in [0.717, 1.165) is 10.7 Å². The summed E-state index contributed by atoms with van der Waals surface area (Å²) in [5, 5.41) is 8.75. The van der Waals surface area contributed by atoms with E-state index in [-0.39, 0.29) is 18.2 Å². The molecule has 21 heavy (non-hydrogen) atoms. The van der Waals surface area contributed by atoms with Crippen LogP contribution in [0.2, 0.25) is 0 Å². The molecule has 0 aliphatic heterocycles. The molecule has 5 nitrogen and oxygen atoms in total. The average molecular weight is 337 g/mol. The van der Waals surface area contributed by atoms with Gasteiger partial charge < -0.3 is 15.0 Å². The van der Waals surface area contributed by atoms with Gasteiger partial charge in [-0.2, -0.15) is 8.78 Å². The van der Waals surface area contributed by atoms with Crippen LogP contribution in [-0.2, 0) is 19.3 Å². The fourth-order valence-electron chi connectivity index (χ4n) is 1.56. The highest BCUT2D eigenvalue weighted by Crippen LogP contribution is 2.23. The van der Waals surface area contributed by atoms with Crippen molar-refractivity contribution < 1.29 is 13.5 Å². The molecule has 9 heteroatoms. The van der Waals surface area contributed by atoms with E-state index in [4.69, 9.17) is 5.73 Å². The van der Waals surface area contributed by atoms with Crippen LogP contribution < -0.4 is 10.5 Å². The molecule has 2 aromatic rings. The lowest BCUT2D eigenvalue weighted by Crippen LogP contribution is -2.05. The molecule has 0 bridgehead atoms. The Morgan fingerprint density at radius 3 is 2.48 bits per heavy atom. The third-order valence-corrected chi connectivity index (χ3v) is 3.72. The Balaban J connectivity index is 0.00000220. The Labute approximate surface area is 131 Å². The van der Waals surface area contributed by atoms with Crippen LogP contribution in [0.15, 0.2) is 29.4 Å². The number of thioether (sulfide) groups is 1. The van der Waals surface area contributed by atoms with Gasteiger partial charge in [-0.3, -0.25) is 0 Å². The van der Waals surface area contributed by atoms with Gasteiger partial charge in [0.25, 0.3) is 0 Å². The van der Waals surface area contributed by atoms with E-state index in [1.807, 2.05) is 11.6 Å². The van der Waals surface area contributed by atoms with Gasteiger partial charge in [0.05, 0.1) is 6.54 Å². The number of nitrogens with zero attached hydrogens (tertiary/aromatic N) is 3. The van der Waals surface area contributed by atoms with Gasteiger partial charge >= 0.3 is 6.61 Å². The fourth-order valence-corrected chi connectivity index (χ4v) is 2.45. The van der Waals surface area contributed by atoms with Crippen LogP contribution in [0.1, 0.15) is 11.4 Å². The van der Waals surface area contributed by atoms with Crippen molar-refractivity contribution in [1.29, 1.82) is 0 Å². The summed E-state index contributed by atoms with van der Waals surface area (Å²) in [7, 11) is 1.85. The maximum absolute atomic E-state index is 12.0. The van der Waals surface area contributed by atoms with Crippen molar-refractivity contribution in [1.82, 2.24) is 14.8 Å². The lowest BCUT2D eigenvalue weighted by atomic mass is 10.2. The lowest BCUT2D eigenvalue weighted by molar-refractivity contribution is -0.0498. The molecule has 0 atom stereocenters. The van der Waals surface area contributed by atoms with Gasteiger partial charge in [0.15, 0.2) is 5.16 Å². The van der Waals surface area contributed by atoms with Crippen molar-refractivity contribution in [3.8, 4) is 5.75 Å². The van der Waals surface area contributed by atoms with Crippen LogP contribution in [0.25, 0.3) is 0 Å². The number of aromatic nitrogens is 3. The first-order chi connectivity index (χ1) is 9.60. The lowest BCUT2D eigenvalue weighted by Gasteiger charge is -2.06. The maximum Gasteiger partial charge on any atom is 0.387 e. The van der Waals surface area contributed by atoms with E-state index < -0.39 is 6.61 Å². The Morgan fingerprint density at radius 1 is 1.29 bits per heavy atom. The average Bonchev–Trinajstić information content (AvgIpc) is 2.78. The topological polar surface area (TPSA) is 66.0 Å². The van der Waals surface area contributed by atoms with Crippen molar-refractivity contribution in [2.75, 3.05) is 0 Å². The number of alkyl halides is 2. The van der Waals surface area contributed by atoms with E-state index >= 15 is 0 Å². The summed E-state index contributed by atoms with van der Waals surface area (Å²) >= 11 is 1.50. The molecule has 0 aliphatic carbocycles. The van der Waals surface area contributed by atoms with E-state index in [9.17, 15) is 8.78 Å². The highest BCUT2D eigenvalue weighted by atomic mass is 35.5. The molecular formula is C12H15ClF2N4OS. The van der Waals surface area contributed by atoms with Crippen LogP contribution in [0.5, 0.6) is 5.75 Å². The number of hydrogen-bond acceptors (Lipinski definition) is 5. The third kappa shape index (κ3) is 4.83. The normalized spacial score (nSPS) is 10.5. The molecule has 2 N–H and O–H groups in total. The van der Waals surface area contributed by atoms with E-state index in [2.05, 4.69) is 14.9 Å². The zero-order valence-electron chi connectivity index (χ0n) is 11.2. The molecule has 116 valence electrons. The number of nitrogens with two attached hydrogens (primary N) is 1. The molecule has 0 saturated heterocycles. The summed E-state index contributed by atoms with van der Waals surface area (Å²) in [4.78, 5) is 0. The number of benzene rings is 1. The molecule has 2 rings (SSSR count). The monoisotopic (exact) mass is 336 g/mol. The molecular weight excluding hydrogens is 322 g/mol.